The number of H-pyrrole nitrogens is 1. The van der Waals surface area contributed by atoms with Gasteiger partial charge in [-0.15, -0.1) is 11.3 Å². The molecule has 0 radical (unpaired) electrons. The maximum absolute atomic E-state index is 13.1. The lowest BCUT2D eigenvalue weighted by Gasteiger charge is -2.41. The van der Waals surface area contributed by atoms with Gasteiger partial charge in [-0.1, -0.05) is 30.3 Å². The van der Waals surface area contributed by atoms with Gasteiger partial charge in [-0.25, -0.2) is 5.10 Å². The van der Waals surface area contributed by atoms with Gasteiger partial charge in [-0.2, -0.15) is 5.10 Å². The van der Waals surface area contributed by atoms with Crippen LogP contribution in [0.25, 0.3) is 10.4 Å². The molecule has 4 rings (SSSR count). The number of nitrogens with zero attached hydrogens (tertiary/aromatic N) is 2. The van der Waals surface area contributed by atoms with Crippen LogP contribution >= 0.6 is 11.3 Å². The topological polar surface area (TPSA) is 95.2 Å². The van der Waals surface area contributed by atoms with Crippen molar-refractivity contribution in [2.24, 2.45) is 5.41 Å². The van der Waals surface area contributed by atoms with Crippen molar-refractivity contribution in [2.45, 2.75) is 19.3 Å². The molecule has 2 N–H and O–H groups in total. The summed E-state index contributed by atoms with van der Waals surface area (Å²) in [4.78, 5) is 40.3. The van der Waals surface area contributed by atoms with Crippen molar-refractivity contribution in [2.75, 3.05) is 20.1 Å². The van der Waals surface area contributed by atoms with Gasteiger partial charge in [0.2, 0.25) is 5.91 Å². The lowest BCUT2D eigenvalue weighted by atomic mass is 9.73. The highest BCUT2D eigenvalue weighted by atomic mass is 32.1. The predicted octanol–water partition coefficient (Wildman–Crippen LogP) is 2.71. The normalized spacial score (nSPS) is 18.5. The number of rotatable bonds is 5. The summed E-state index contributed by atoms with van der Waals surface area (Å²) in [6, 6.07) is 14.9. The summed E-state index contributed by atoms with van der Waals surface area (Å²) >= 11 is 1.67. The number of hydrogen-bond acceptors (Lipinski definition) is 5. The first-order valence-electron chi connectivity index (χ1n) is 10.2. The smallest absolute Gasteiger partial charge is 0.274 e. The lowest BCUT2D eigenvalue weighted by Crippen LogP contribution is -2.54. The lowest BCUT2D eigenvalue weighted by molar-refractivity contribution is -0.133. The van der Waals surface area contributed by atoms with Crippen LogP contribution in [-0.4, -0.2) is 47.0 Å². The van der Waals surface area contributed by atoms with Crippen LogP contribution in [0.4, 0.5) is 0 Å². The third-order valence-corrected chi connectivity index (χ3v) is 6.71. The molecule has 0 spiro atoms. The van der Waals surface area contributed by atoms with E-state index in [0.29, 0.717) is 32.4 Å². The minimum Gasteiger partial charge on any atom is -0.359 e. The number of amides is 2. The highest BCUT2D eigenvalue weighted by Gasteiger charge is 2.43. The molecule has 1 aliphatic rings. The number of aromatic amines is 1. The monoisotopic (exact) mass is 436 g/mol. The van der Waals surface area contributed by atoms with Gasteiger partial charge in [-0.3, -0.25) is 14.4 Å². The zero-order valence-corrected chi connectivity index (χ0v) is 18.1. The summed E-state index contributed by atoms with van der Waals surface area (Å²) < 4.78 is 0. The molecule has 1 aromatic carbocycles. The number of carbonyl (C=O) groups is 2. The van der Waals surface area contributed by atoms with Crippen LogP contribution in [0.5, 0.6) is 0 Å². The maximum Gasteiger partial charge on any atom is 0.274 e. The average molecular weight is 437 g/mol. The molecule has 0 unspecified atom stereocenters. The Hall–Kier alpha value is -3.26. The second-order valence-corrected chi connectivity index (χ2v) is 8.76. The SMILES string of the molecule is CNC(=O)[C@]1(Cc2ccccc2-c2cccs2)CCCN(C(=O)c2ccc(=O)[nH]n2)C1. The molecule has 1 aliphatic heterocycles. The van der Waals surface area contributed by atoms with Gasteiger partial charge >= 0.3 is 0 Å². The maximum atomic E-state index is 13.1. The first kappa shape index (κ1) is 21.0. The van der Waals surface area contributed by atoms with Gasteiger partial charge in [0.25, 0.3) is 11.5 Å². The first-order valence-corrected chi connectivity index (χ1v) is 11.1. The third kappa shape index (κ3) is 4.29. The number of piperidine rings is 1. The van der Waals surface area contributed by atoms with E-state index >= 15 is 0 Å². The molecule has 1 saturated heterocycles. The third-order valence-electron chi connectivity index (χ3n) is 5.80. The molecule has 31 heavy (non-hydrogen) atoms. The molecule has 3 aromatic rings. The van der Waals surface area contributed by atoms with Crippen molar-refractivity contribution >= 4 is 23.2 Å². The van der Waals surface area contributed by atoms with E-state index in [9.17, 15) is 14.4 Å². The van der Waals surface area contributed by atoms with Crippen molar-refractivity contribution < 1.29 is 9.59 Å². The molecule has 3 heterocycles. The second kappa shape index (κ2) is 8.85. The summed E-state index contributed by atoms with van der Waals surface area (Å²) in [7, 11) is 1.64. The zero-order chi connectivity index (χ0) is 21.8. The van der Waals surface area contributed by atoms with E-state index in [1.54, 1.807) is 23.3 Å². The molecular formula is C23H24N4O3S. The molecular weight excluding hydrogens is 412 g/mol. The molecule has 1 atom stereocenters. The molecule has 1 fully saturated rings. The largest absolute Gasteiger partial charge is 0.359 e. The van der Waals surface area contributed by atoms with Crippen LogP contribution in [0.1, 0.15) is 28.9 Å². The Morgan fingerprint density at radius 2 is 2.03 bits per heavy atom. The first-order chi connectivity index (χ1) is 15.0. The molecule has 2 aromatic heterocycles. The fraction of sp³-hybridized carbons (Fsp3) is 0.304. The van der Waals surface area contributed by atoms with Crippen LogP contribution in [0.15, 0.2) is 58.7 Å². The summed E-state index contributed by atoms with van der Waals surface area (Å²) in [5.41, 5.74) is 1.28. The fourth-order valence-electron chi connectivity index (χ4n) is 4.32. The van der Waals surface area contributed by atoms with Crippen molar-refractivity contribution in [3.8, 4) is 10.4 Å². The zero-order valence-electron chi connectivity index (χ0n) is 17.3. The van der Waals surface area contributed by atoms with Gasteiger partial charge in [0.1, 0.15) is 5.69 Å². The van der Waals surface area contributed by atoms with Gasteiger partial charge in [-0.05, 0) is 47.9 Å². The van der Waals surface area contributed by atoms with Crippen LogP contribution in [0.2, 0.25) is 0 Å². The Morgan fingerprint density at radius 1 is 1.19 bits per heavy atom. The Bertz CT molecular complexity index is 1120. The number of thiophene rings is 1. The molecule has 0 bridgehead atoms. The molecule has 0 saturated carbocycles. The number of carbonyl (C=O) groups excluding carboxylic acids is 2. The Labute approximate surface area is 184 Å². The molecule has 8 heteroatoms. The Kier molecular flexibility index (Phi) is 5.99. The van der Waals surface area contributed by atoms with Crippen LogP contribution in [-0.2, 0) is 11.2 Å². The van der Waals surface area contributed by atoms with Crippen LogP contribution < -0.4 is 10.9 Å². The summed E-state index contributed by atoms with van der Waals surface area (Å²) in [6.45, 7) is 0.843. The van der Waals surface area contributed by atoms with E-state index in [0.717, 1.165) is 16.0 Å². The number of benzene rings is 1. The quantitative estimate of drug-likeness (QED) is 0.643. The van der Waals surface area contributed by atoms with Crippen molar-refractivity contribution in [1.82, 2.24) is 20.4 Å². The van der Waals surface area contributed by atoms with E-state index in [-0.39, 0.29) is 23.1 Å². The summed E-state index contributed by atoms with van der Waals surface area (Å²) in [5, 5.41) is 11.0. The van der Waals surface area contributed by atoms with E-state index in [2.05, 4.69) is 33.7 Å². The summed E-state index contributed by atoms with van der Waals surface area (Å²) in [6.07, 6.45) is 1.93. The minimum atomic E-state index is -0.738. The van der Waals surface area contributed by atoms with Crippen molar-refractivity contribution in [1.29, 1.82) is 0 Å². The van der Waals surface area contributed by atoms with Crippen molar-refractivity contribution in [3.05, 3.63) is 75.5 Å². The predicted molar refractivity (Wildman–Crippen MR) is 120 cm³/mol. The van der Waals surface area contributed by atoms with Crippen molar-refractivity contribution in [3.63, 3.8) is 0 Å². The van der Waals surface area contributed by atoms with Crippen LogP contribution in [0.3, 0.4) is 0 Å². The molecule has 0 aliphatic carbocycles. The Morgan fingerprint density at radius 3 is 2.74 bits per heavy atom. The van der Waals surface area contributed by atoms with E-state index in [1.807, 2.05) is 23.6 Å². The highest BCUT2D eigenvalue weighted by Crippen LogP contribution is 2.38. The van der Waals surface area contributed by atoms with Crippen LogP contribution in [0, 0.1) is 5.41 Å². The highest BCUT2D eigenvalue weighted by molar-refractivity contribution is 7.13. The van der Waals surface area contributed by atoms with Gasteiger partial charge in [0.05, 0.1) is 5.41 Å². The second-order valence-electron chi connectivity index (χ2n) is 7.81. The summed E-state index contributed by atoms with van der Waals surface area (Å²) in [5.74, 6) is -0.351. The fourth-order valence-corrected chi connectivity index (χ4v) is 5.10. The standard InChI is InChI=1S/C23H24N4O3S/c1-24-22(30)23(14-16-6-2-3-7-17(16)19-8-4-13-31-19)11-5-12-27(15-23)21(29)18-9-10-20(28)26-25-18/h2-4,6-10,13H,5,11-12,14-15H2,1H3,(H,24,30)(H,26,28)/t23-/m0/s1. The van der Waals surface area contributed by atoms with E-state index in [4.69, 9.17) is 0 Å². The number of likely N-dealkylation sites (tertiary alicyclic amines) is 1. The minimum absolute atomic E-state index is 0.0691. The Balaban J connectivity index is 1.66. The van der Waals surface area contributed by atoms with Gasteiger partial charge in [0.15, 0.2) is 0 Å². The molecule has 7 nitrogen and oxygen atoms in total. The average Bonchev–Trinajstić information content (AvgIpc) is 3.34. The van der Waals surface area contributed by atoms with E-state index < -0.39 is 5.41 Å². The molecule has 2 amide bonds. The van der Waals surface area contributed by atoms with E-state index in [1.165, 1.54) is 12.1 Å². The molecule has 160 valence electrons. The van der Waals surface area contributed by atoms with Gasteiger partial charge < -0.3 is 10.2 Å². The van der Waals surface area contributed by atoms with Gasteiger partial charge in [0, 0.05) is 31.1 Å². The number of aromatic nitrogens is 2. The number of hydrogen-bond donors (Lipinski definition) is 2. The number of nitrogens with one attached hydrogen (secondary N) is 2.